The first-order chi connectivity index (χ1) is 16.2. The van der Waals surface area contributed by atoms with E-state index in [4.69, 9.17) is 9.94 Å². The third-order valence-electron chi connectivity index (χ3n) is 6.25. The second-order valence-corrected chi connectivity index (χ2v) is 9.93. The molecule has 0 aliphatic rings. The van der Waals surface area contributed by atoms with Crippen molar-refractivity contribution in [2.24, 2.45) is 0 Å². The van der Waals surface area contributed by atoms with Gasteiger partial charge in [-0.2, -0.15) is 5.06 Å². The third kappa shape index (κ3) is 36.6. The fourth-order valence-corrected chi connectivity index (χ4v) is 4.11. The summed E-state index contributed by atoms with van der Waals surface area (Å²) < 4.78 is 5.78. The lowest BCUT2D eigenvalue weighted by Crippen LogP contribution is -2.20. The summed E-state index contributed by atoms with van der Waals surface area (Å²) in [6.07, 6.45) is 30.2. The zero-order chi connectivity index (χ0) is 24.7. The van der Waals surface area contributed by atoms with Crippen LogP contribution in [0, 0.1) is 0 Å². The summed E-state index contributed by atoms with van der Waals surface area (Å²) in [6, 6.07) is 0. The first kappa shape index (κ1) is 35.0. The molecule has 0 bridgehead atoms. The lowest BCUT2D eigenvalue weighted by atomic mass is 10.1. The predicted molar refractivity (Wildman–Crippen MR) is 148 cm³/mol. The van der Waals surface area contributed by atoms with Gasteiger partial charge in [0, 0.05) is 26.3 Å². The summed E-state index contributed by atoms with van der Waals surface area (Å²) >= 11 is 0. The molecular formula is C30H65NO2. The monoisotopic (exact) mass is 472 g/mol. The highest BCUT2D eigenvalue weighted by molar-refractivity contribution is 4.49. The Morgan fingerprint density at radius 2 is 0.667 bits per heavy atom. The molecule has 0 radical (unpaired) electrons. The molecule has 0 heterocycles. The van der Waals surface area contributed by atoms with Gasteiger partial charge in [0.2, 0.25) is 0 Å². The van der Waals surface area contributed by atoms with E-state index in [0.29, 0.717) is 0 Å². The largest absolute Gasteiger partial charge is 0.381 e. The van der Waals surface area contributed by atoms with Crippen LogP contribution in [0.1, 0.15) is 169 Å². The van der Waals surface area contributed by atoms with Crippen molar-refractivity contribution in [1.29, 1.82) is 0 Å². The van der Waals surface area contributed by atoms with E-state index in [1.54, 1.807) is 0 Å². The Morgan fingerprint density at radius 3 is 0.939 bits per heavy atom. The Morgan fingerprint density at radius 1 is 0.394 bits per heavy atom. The molecule has 0 spiro atoms. The summed E-state index contributed by atoms with van der Waals surface area (Å²) in [5, 5.41) is 10.2. The minimum atomic E-state index is 0.799. The average molecular weight is 472 g/mol. The molecule has 202 valence electrons. The van der Waals surface area contributed by atoms with Gasteiger partial charge in [-0.05, 0) is 25.7 Å². The van der Waals surface area contributed by atoms with Gasteiger partial charge in [-0.1, -0.05) is 143 Å². The van der Waals surface area contributed by atoms with Gasteiger partial charge in [-0.25, -0.2) is 0 Å². The van der Waals surface area contributed by atoms with E-state index in [1.807, 2.05) is 0 Å². The van der Waals surface area contributed by atoms with E-state index in [2.05, 4.69) is 27.7 Å². The normalized spacial score (nSPS) is 11.1. The molecule has 0 aliphatic carbocycles. The van der Waals surface area contributed by atoms with Crippen LogP contribution in [-0.2, 0) is 4.74 Å². The van der Waals surface area contributed by atoms with E-state index in [9.17, 15) is 0 Å². The Bertz CT molecular complexity index is 284. The second-order valence-electron chi connectivity index (χ2n) is 9.93. The molecule has 1 N–H and O–H groups in total. The number of hydrogen-bond acceptors (Lipinski definition) is 3. The molecule has 0 aromatic rings. The van der Waals surface area contributed by atoms with Crippen LogP contribution in [0.25, 0.3) is 0 Å². The minimum absolute atomic E-state index is 0.799. The minimum Gasteiger partial charge on any atom is -0.381 e. The zero-order valence-electron chi connectivity index (χ0n) is 23.7. The highest BCUT2D eigenvalue weighted by Crippen LogP contribution is 2.12. The summed E-state index contributed by atoms with van der Waals surface area (Å²) in [5.41, 5.74) is 0. The molecule has 0 atom stereocenters. The zero-order valence-corrected chi connectivity index (χ0v) is 23.7. The molecule has 0 amide bonds. The van der Waals surface area contributed by atoms with Crippen molar-refractivity contribution in [2.45, 2.75) is 169 Å². The van der Waals surface area contributed by atoms with Gasteiger partial charge in [0.15, 0.2) is 0 Å². The quantitative estimate of drug-likeness (QED) is 0.101. The highest BCUT2D eigenvalue weighted by atomic mass is 16.5. The Labute approximate surface area is 210 Å². The van der Waals surface area contributed by atoms with Crippen LogP contribution in [0.4, 0.5) is 0 Å². The fourth-order valence-electron chi connectivity index (χ4n) is 4.11. The Hall–Kier alpha value is -0.120. The number of nitrogens with zero attached hydrogens (tertiary/aromatic N) is 1. The van der Waals surface area contributed by atoms with Crippen LogP contribution in [-0.4, -0.2) is 36.6 Å². The summed E-state index contributed by atoms with van der Waals surface area (Å²) in [6.45, 7) is 12.3. The molecule has 0 saturated carbocycles. The number of unbranched alkanes of at least 4 members (excludes halogenated alkanes) is 18. The van der Waals surface area contributed by atoms with Gasteiger partial charge >= 0.3 is 0 Å². The molecule has 0 fully saturated rings. The summed E-state index contributed by atoms with van der Waals surface area (Å²) in [4.78, 5) is 0. The van der Waals surface area contributed by atoms with Gasteiger partial charge in [-0.3, -0.25) is 0 Å². The lowest BCUT2D eigenvalue weighted by Gasteiger charge is -2.10. The van der Waals surface area contributed by atoms with Crippen LogP contribution in [0.3, 0.4) is 0 Å². The summed E-state index contributed by atoms with van der Waals surface area (Å²) in [7, 11) is 0. The first-order valence-corrected chi connectivity index (χ1v) is 15.2. The lowest BCUT2D eigenvalue weighted by molar-refractivity contribution is -0.0900. The van der Waals surface area contributed by atoms with Crippen molar-refractivity contribution in [2.75, 3.05) is 26.3 Å². The molecule has 0 aliphatic heterocycles. The second kappa shape index (κ2) is 34.0. The summed E-state index contributed by atoms with van der Waals surface area (Å²) in [5.74, 6) is 0. The van der Waals surface area contributed by atoms with Gasteiger partial charge in [-0.15, -0.1) is 0 Å². The van der Waals surface area contributed by atoms with Gasteiger partial charge in [0.25, 0.3) is 0 Å². The predicted octanol–water partition coefficient (Wildman–Crippen LogP) is 10.3. The molecule has 3 nitrogen and oxygen atoms in total. The van der Waals surface area contributed by atoms with Crippen LogP contribution < -0.4 is 0 Å². The van der Waals surface area contributed by atoms with Crippen molar-refractivity contribution in [3.05, 3.63) is 0 Å². The van der Waals surface area contributed by atoms with Crippen LogP contribution in [0.2, 0.25) is 0 Å². The smallest absolute Gasteiger partial charge is 0.0466 e. The van der Waals surface area contributed by atoms with Crippen molar-refractivity contribution in [3.8, 4) is 0 Å². The van der Waals surface area contributed by atoms with E-state index < -0.39 is 0 Å². The molecule has 0 rings (SSSR count). The average Bonchev–Trinajstić information content (AvgIpc) is 2.81. The topological polar surface area (TPSA) is 32.7 Å². The highest BCUT2D eigenvalue weighted by Gasteiger charge is 1.95. The first-order valence-electron chi connectivity index (χ1n) is 15.2. The standard InChI is InChI=1S/C24H50O.C6H15NO/c1-3-5-7-9-11-13-15-17-19-21-23-25-24-22-20-18-16-14-12-10-8-6-4-2;1-3-5-7(8)6-4-2/h3-24H2,1-2H3;8H,3-6H2,1-2H3. The van der Waals surface area contributed by atoms with Crippen LogP contribution >= 0.6 is 0 Å². The molecule has 0 saturated heterocycles. The number of ether oxygens (including phenoxy) is 1. The maximum Gasteiger partial charge on any atom is 0.0466 e. The van der Waals surface area contributed by atoms with E-state index >= 15 is 0 Å². The van der Waals surface area contributed by atoms with Gasteiger partial charge < -0.3 is 9.94 Å². The number of hydrogen-bond donors (Lipinski definition) is 1. The number of hydroxylamine groups is 2. The molecule has 33 heavy (non-hydrogen) atoms. The SMILES string of the molecule is CCCCCCCCCCCCOCCCCCCCCCCCC.CCCN(O)CCC. The van der Waals surface area contributed by atoms with Crippen LogP contribution in [0.15, 0.2) is 0 Å². The maximum atomic E-state index is 8.88. The van der Waals surface area contributed by atoms with E-state index in [-0.39, 0.29) is 0 Å². The van der Waals surface area contributed by atoms with Crippen molar-refractivity contribution in [3.63, 3.8) is 0 Å². The molecule has 0 unspecified atom stereocenters. The molecular weight excluding hydrogens is 406 g/mol. The maximum absolute atomic E-state index is 8.88. The Balaban J connectivity index is 0. The van der Waals surface area contributed by atoms with E-state index in [1.165, 1.54) is 133 Å². The van der Waals surface area contributed by atoms with Gasteiger partial charge in [0.05, 0.1) is 0 Å². The van der Waals surface area contributed by atoms with Crippen molar-refractivity contribution >= 4 is 0 Å². The van der Waals surface area contributed by atoms with Crippen molar-refractivity contribution < 1.29 is 9.94 Å². The van der Waals surface area contributed by atoms with Crippen molar-refractivity contribution in [1.82, 2.24) is 5.06 Å². The number of rotatable bonds is 26. The third-order valence-corrected chi connectivity index (χ3v) is 6.25. The van der Waals surface area contributed by atoms with Gasteiger partial charge in [0.1, 0.15) is 0 Å². The molecule has 0 aromatic heterocycles. The molecule has 3 heteroatoms. The molecule has 0 aromatic carbocycles. The van der Waals surface area contributed by atoms with E-state index in [0.717, 1.165) is 39.1 Å². The Kier molecular flexibility index (Phi) is 36.2. The van der Waals surface area contributed by atoms with Crippen LogP contribution in [0.5, 0.6) is 0 Å². The fraction of sp³-hybridized carbons (Fsp3) is 1.00.